The molecule has 1 saturated carbocycles. The van der Waals surface area contributed by atoms with E-state index in [4.69, 9.17) is 0 Å². The number of hydrogen-bond acceptors (Lipinski definition) is 1. The van der Waals surface area contributed by atoms with Crippen molar-refractivity contribution < 1.29 is 0 Å². The highest BCUT2D eigenvalue weighted by molar-refractivity contribution is 4.89. The first kappa shape index (κ1) is 13.0. The van der Waals surface area contributed by atoms with E-state index < -0.39 is 0 Å². The van der Waals surface area contributed by atoms with Crippen molar-refractivity contribution in [2.45, 2.75) is 72.3 Å². The maximum Gasteiger partial charge on any atom is 0.00684 e. The maximum atomic E-state index is 3.75. The minimum atomic E-state index is 0.562. The maximum absolute atomic E-state index is 3.75. The summed E-state index contributed by atoms with van der Waals surface area (Å²) in [4.78, 5) is 0. The molecule has 15 heavy (non-hydrogen) atoms. The lowest BCUT2D eigenvalue weighted by Gasteiger charge is -2.39. The second kappa shape index (κ2) is 5.89. The first-order valence-corrected chi connectivity index (χ1v) is 6.95. The minimum Gasteiger partial charge on any atom is -0.313 e. The lowest BCUT2D eigenvalue weighted by Crippen LogP contribution is -2.40. The Morgan fingerprint density at radius 2 is 1.60 bits per heavy atom. The van der Waals surface area contributed by atoms with Crippen molar-refractivity contribution in [1.29, 1.82) is 0 Å². The van der Waals surface area contributed by atoms with Crippen LogP contribution in [-0.4, -0.2) is 12.6 Å². The number of rotatable bonds is 8. The Morgan fingerprint density at radius 1 is 1.07 bits per heavy atom. The van der Waals surface area contributed by atoms with Gasteiger partial charge in [0.15, 0.2) is 0 Å². The molecule has 0 aliphatic heterocycles. The average molecular weight is 211 g/mol. The Morgan fingerprint density at radius 3 is 1.93 bits per heavy atom. The van der Waals surface area contributed by atoms with E-state index in [-0.39, 0.29) is 0 Å². The quantitative estimate of drug-likeness (QED) is 0.640. The predicted octanol–water partition coefficient (Wildman–Crippen LogP) is 3.98. The van der Waals surface area contributed by atoms with Gasteiger partial charge in [-0.1, -0.05) is 40.5 Å². The smallest absolute Gasteiger partial charge is 0.00684 e. The van der Waals surface area contributed by atoms with Crippen LogP contribution in [0.15, 0.2) is 0 Å². The third-order valence-electron chi connectivity index (χ3n) is 4.58. The Balaban J connectivity index is 2.55. The molecule has 0 bridgehead atoms. The monoisotopic (exact) mass is 211 g/mol. The van der Waals surface area contributed by atoms with E-state index in [9.17, 15) is 0 Å². The van der Waals surface area contributed by atoms with Crippen molar-refractivity contribution in [1.82, 2.24) is 5.32 Å². The molecule has 1 nitrogen and oxygen atoms in total. The van der Waals surface area contributed by atoms with Gasteiger partial charge in [-0.05, 0) is 37.0 Å². The van der Waals surface area contributed by atoms with Crippen LogP contribution in [0.2, 0.25) is 0 Å². The molecule has 1 fully saturated rings. The second-order valence-electron chi connectivity index (χ2n) is 5.24. The third-order valence-corrected chi connectivity index (χ3v) is 4.58. The Labute approximate surface area is 96.0 Å². The summed E-state index contributed by atoms with van der Waals surface area (Å²) in [5, 5.41) is 3.75. The fraction of sp³-hybridized carbons (Fsp3) is 1.00. The molecule has 1 rings (SSSR count). The van der Waals surface area contributed by atoms with Gasteiger partial charge in [0.1, 0.15) is 0 Å². The SMILES string of the molecule is CCC(CC)C(CC)(CC)CNC1CC1. The van der Waals surface area contributed by atoms with E-state index in [0.29, 0.717) is 5.41 Å². The normalized spacial score (nSPS) is 17.4. The molecule has 0 aromatic heterocycles. The van der Waals surface area contributed by atoms with E-state index in [2.05, 4.69) is 33.0 Å². The molecule has 0 aromatic carbocycles. The molecule has 0 radical (unpaired) electrons. The zero-order valence-electron chi connectivity index (χ0n) is 11.1. The van der Waals surface area contributed by atoms with Gasteiger partial charge < -0.3 is 5.32 Å². The van der Waals surface area contributed by atoms with Crippen LogP contribution >= 0.6 is 0 Å². The molecule has 1 aliphatic rings. The molecule has 1 N–H and O–H groups in total. The van der Waals surface area contributed by atoms with Crippen molar-refractivity contribution in [3.63, 3.8) is 0 Å². The Hall–Kier alpha value is -0.0400. The summed E-state index contributed by atoms with van der Waals surface area (Å²) in [5.41, 5.74) is 0.562. The summed E-state index contributed by atoms with van der Waals surface area (Å²) in [6.45, 7) is 10.7. The molecule has 0 heterocycles. The van der Waals surface area contributed by atoms with Crippen LogP contribution in [-0.2, 0) is 0 Å². The molecule has 0 spiro atoms. The number of hydrogen-bond donors (Lipinski definition) is 1. The summed E-state index contributed by atoms with van der Waals surface area (Å²) < 4.78 is 0. The minimum absolute atomic E-state index is 0.562. The average Bonchev–Trinajstić information content (AvgIpc) is 3.08. The second-order valence-corrected chi connectivity index (χ2v) is 5.24. The van der Waals surface area contributed by atoms with Crippen molar-refractivity contribution in [2.24, 2.45) is 11.3 Å². The summed E-state index contributed by atoms with van der Waals surface area (Å²) >= 11 is 0. The molecule has 0 aromatic rings. The zero-order valence-corrected chi connectivity index (χ0v) is 11.1. The van der Waals surface area contributed by atoms with Crippen LogP contribution < -0.4 is 5.32 Å². The van der Waals surface area contributed by atoms with E-state index in [1.807, 2.05) is 0 Å². The van der Waals surface area contributed by atoms with Gasteiger partial charge in [0.2, 0.25) is 0 Å². The molecule has 0 atom stereocenters. The van der Waals surface area contributed by atoms with Crippen LogP contribution in [0.4, 0.5) is 0 Å². The highest BCUT2D eigenvalue weighted by atomic mass is 15.0. The molecule has 90 valence electrons. The van der Waals surface area contributed by atoms with Crippen molar-refractivity contribution in [2.75, 3.05) is 6.54 Å². The first-order chi connectivity index (χ1) is 7.22. The van der Waals surface area contributed by atoms with Crippen LogP contribution in [0.1, 0.15) is 66.2 Å². The van der Waals surface area contributed by atoms with Crippen molar-refractivity contribution in [3.8, 4) is 0 Å². The van der Waals surface area contributed by atoms with Crippen LogP contribution in [0, 0.1) is 11.3 Å². The van der Waals surface area contributed by atoms with Crippen molar-refractivity contribution >= 4 is 0 Å². The van der Waals surface area contributed by atoms with Gasteiger partial charge in [0, 0.05) is 12.6 Å². The van der Waals surface area contributed by atoms with E-state index >= 15 is 0 Å². The van der Waals surface area contributed by atoms with Gasteiger partial charge >= 0.3 is 0 Å². The zero-order chi connectivity index (χ0) is 11.3. The van der Waals surface area contributed by atoms with E-state index in [1.165, 1.54) is 45.1 Å². The largest absolute Gasteiger partial charge is 0.313 e. The van der Waals surface area contributed by atoms with E-state index in [1.54, 1.807) is 0 Å². The fourth-order valence-corrected chi connectivity index (χ4v) is 3.01. The van der Waals surface area contributed by atoms with Gasteiger partial charge in [-0.25, -0.2) is 0 Å². The van der Waals surface area contributed by atoms with Gasteiger partial charge in [-0.15, -0.1) is 0 Å². The third kappa shape index (κ3) is 3.21. The van der Waals surface area contributed by atoms with Gasteiger partial charge in [-0.3, -0.25) is 0 Å². The molecule has 0 unspecified atom stereocenters. The first-order valence-electron chi connectivity index (χ1n) is 6.95. The molecule has 1 aliphatic carbocycles. The lowest BCUT2D eigenvalue weighted by atomic mass is 9.69. The topological polar surface area (TPSA) is 12.0 Å². The standard InChI is InChI=1S/C14H29N/c1-5-12(6-2)14(7-3,8-4)11-15-13-9-10-13/h12-13,15H,5-11H2,1-4H3. The summed E-state index contributed by atoms with van der Waals surface area (Å²) in [6.07, 6.45) is 8.15. The van der Waals surface area contributed by atoms with Gasteiger partial charge in [0.25, 0.3) is 0 Å². The predicted molar refractivity (Wildman–Crippen MR) is 68.1 cm³/mol. The van der Waals surface area contributed by atoms with Crippen LogP contribution in [0.5, 0.6) is 0 Å². The van der Waals surface area contributed by atoms with Gasteiger partial charge in [0.05, 0.1) is 0 Å². The molecular weight excluding hydrogens is 182 g/mol. The molecular formula is C14H29N. The molecule has 0 saturated heterocycles. The molecule has 1 heteroatoms. The number of nitrogens with one attached hydrogen (secondary N) is 1. The van der Waals surface area contributed by atoms with Crippen LogP contribution in [0.25, 0.3) is 0 Å². The highest BCUT2D eigenvalue weighted by Crippen LogP contribution is 2.39. The summed E-state index contributed by atoms with van der Waals surface area (Å²) in [5.74, 6) is 0.902. The Kier molecular flexibility index (Phi) is 5.11. The Bertz CT molecular complexity index is 164. The molecule has 0 amide bonds. The highest BCUT2D eigenvalue weighted by Gasteiger charge is 2.34. The lowest BCUT2D eigenvalue weighted by molar-refractivity contribution is 0.128. The van der Waals surface area contributed by atoms with E-state index in [0.717, 1.165) is 12.0 Å². The van der Waals surface area contributed by atoms with Crippen molar-refractivity contribution in [3.05, 3.63) is 0 Å². The van der Waals surface area contributed by atoms with Gasteiger partial charge in [-0.2, -0.15) is 0 Å². The summed E-state index contributed by atoms with van der Waals surface area (Å²) in [6, 6.07) is 0.858. The van der Waals surface area contributed by atoms with Crippen LogP contribution in [0.3, 0.4) is 0 Å². The summed E-state index contributed by atoms with van der Waals surface area (Å²) in [7, 11) is 0. The fourth-order valence-electron chi connectivity index (χ4n) is 3.01.